The molecule has 7 heteroatoms. The number of anilines is 1. The molecule has 0 unspecified atom stereocenters. The molecule has 6 nitrogen and oxygen atoms in total. The second kappa shape index (κ2) is 9.19. The van der Waals surface area contributed by atoms with Gasteiger partial charge in [0.25, 0.3) is 5.91 Å². The number of carbonyl (C=O) groups is 3. The lowest BCUT2D eigenvalue weighted by Crippen LogP contribution is -2.30. The summed E-state index contributed by atoms with van der Waals surface area (Å²) >= 11 is 5.87. The summed E-state index contributed by atoms with van der Waals surface area (Å²) in [5.41, 5.74) is 1.48. The van der Waals surface area contributed by atoms with Crippen molar-refractivity contribution >= 4 is 34.9 Å². The standard InChI is InChI=1S/C20H20ClNO5/c1-12(23)14-7-8-18(26-3)15(9-14)10-19(24)27-13(2)20(25)22-17-6-4-5-16(21)11-17/h4-9,11,13H,10H2,1-3H3,(H,22,25)/t13-/m0/s1. The van der Waals surface area contributed by atoms with E-state index >= 15 is 0 Å². The predicted molar refractivity (Wildman–Crippen MR) is 102 cm³/mol. The van der Waals surface area contributed by atoms with E-state index < -0.39 is 18.0 Å². The van der Waals surface area contributed by atoms with Gasteiger partial charge in [-0.1, -0.05) is 17.7 Å². The zero-order valence-corrected chi connectivity index (χ0v) is 16.0. The van der Waals surface area contributed by atoms with Gasteiger partial charge in [-0.15, -0.1) is 0 Å². The fourth-order valence-corrected chi connectivity index (χ4v) is 2.58. The highest BCUT2D eigenvalue weighted by molar-refractivity contribution is 6.30. The van der Waals surface area contributed by atoms with Crippen LogP contribution in [0.2, 0.25) is 5.02 Å². The number of hydrogen-bond donors (Lipinski definition) is 1. The largest absolute Gasteiger partial charge is 0.496 e. The van der Waals surface area contributed by atoms with Crippen molar-refractivity contribution in [1.82, 2.24) is 0 Å². The summed E-state index contributed by atoms with van der Waals surface area (Å²) in [7, 11) is 1.47. The van der Waals surface area contributed by atoms with Crippen LogP contribution in [0.25, 0.3) is 0 Å². The van der Waals surface area contributed by atoms with E-state index in [-0.39, 0.29) is 12.2 Å². The smallest absolute Gasteiger partial charge is 0.311 e. The summed E-state index contributed by atoms with van der Waals surface area (Å²) in [6.45, 7) is 2.91. The molecule has 1 amide bonds. The second-order valence-electron chi connectivity index (χ2n) is 5.89. The maximum absolute atomic E-state index is 12.2. The average Bonchev–Trinajstić information content (AvgIpc) is 2.61. The van der Waals surface area contributed by atoms with Crippen LogP contribution in [0.5, 0.6) is 5.75 Å². The lowest BCUT2D eigenvalue weighted by atomic mass is 10.0. The Morgan fingerprint density at radius 2 is 1.89 bits per heavy atom. The number of Topliss-reactive ketones (excluding diaryl/α,β-unsaturated/α-hetero) is 1. The minimum atomic E-state index is -1.00. The molecular formula is C20H20ClNO5. The summed E-state index contributed by atoms with van der Waals surface area (Å²) in [6, 6.07) is 11.5. The number of esters is 1. The number of ether oxygens (including phenoxy) is 2. The number of amides is 1. The molecule has 0 bridgehead atoms. The Morgan fingerprint density at radius 3 is 2.52 bits per heavy atom. The normalized spacial score (nSPS) is 11.4. The number of hydrogen-bond acceptors (Lipinski definition) is 5. The van der Waals surface area contributed by atoms with Crippen molar-refractivity contribution in [3.8, 4) is 5.75 Å². The van der Waals surface area contributed by atoms with Gasteiger partial charge in [0, 0.05) is 21.8 Å². The highest BCUT2D eigenvalue weighted by Gasteiger charge is 2.20. The number of methoxy groups -OCH3 is 1. The molecule has 27 heavy (non-hydrogen) atoms. The highest BCUT2D eigenvalue weighted by Crippen LogP contribution is 2.21. The maximum atomic E-state index is 12.2. The molecule has 0 fully saturated rings. The van der Waals surface area contributed by atoms with E-state index in [2.05, 4.69) is 5.32 Å². The lowest BCUT2D eigenvalue weighted by molar-refractivity contribution is -0.152. The molecule has 0 aromatic heterocycles. The Bertz CT molecular complexity index is 865. The Labute approximate surface area is 162 Å². The number of benzene rings is 2. The van der Waals surface area contributed by atoms with Crippen LogP contribution in [0.15, 0.2) is 42.5 Å². The van der Waals surface area contributed by atoms with Gasteiger partial charge in [0.15, 0.2) is 11.9 Å². The lowest BCUT2D eigenvalue weighted by Gasteiger charge is -2.15. The van der Waals surface area contributed by atoms with Gasteiger partial charge in [0.1, 0.15) is 5.75 Å². The van der Waals surface area contributed by atoms with Crippen molar-refractivity contribution in [3.63, 3.8) is 0 Å². The zero-order chi connectivity index (χ0) is 20.0. The van der Waals surface area contributed by atoms with E-state index in [0.29, 0.717) is 27.6 Å². The third-order valence-electron chi connectivity index (χ3n) is 3.79. The fraction of sp³-hybridized carbons (Fsp3) is 0.250. The molecule has 0 radical (unpaired) electrons. The minimum Gasteiger partial charge on any atom is -0.496 e. The highest BCUT2D eigenvalue weighted by atomic mass is 35.5. The summed E-state index contributed by atoms with van der Waals surface area (Å²) in [5, 5.41) is 3.11. The molecule has 2 aromatic rings. The number of ketones is 1. The molecule has 0 saturated heterocycles. The van der Waals surface area contributed by atoms with Gasteiger partial charge in [-0.2, -0.15) is 0 Å². The molecule has 1 N–H and O–H groups in total. The van der Waals surface area contributed by atoms with Gasteiger partial charge in [-0.25, -0.2) is 0 Å². The SMILES string of the molecule is COc1ccc(C(C)=O)cc1CC(=O)O[C@@H](C)C(=O)Nc1cccc(Cl)c1. The van der Waals surface area contributed by atoms with Crippen LogP contribution >= 0.6 is 11.6 Å². The number of carbonyl (C=O) groups excluding carboxylic acids is 3. The summed E-state index contributed by atoms with van der Waals surface area (Å²) < 4.78 is 10.4. The van der Waals surface area contributed by atoms with Gasteiger partial charge in [0.05, 0.1) is 13.5 Å². The summed E-state index contributed by atoms with van der Waals surface area (Å²) in [5.74, 6) is -0.743. The van der Waals surface area contributed by atoms with Gasteiger partial charge >= 0.3 is 5.97 Å². The Balaban J connectivity index is 2.01. The van der Waals surface area contributed by atoms with E-state index in [9.17, 15) is 14.4 Å². The van der Waals surface area contributed by atoms with Crippen molar-refractivity contribution in [2.75, 3.05) is 12.4 Å². The molecule has 1 atom stereocenters. The predicted octanol–water partition coefficient (Wildman–Crippen LogP) is 3.66. The molecular weight excluding hydrogens is 370 g/mol. The third-order valence-corrected chi connectivity index (χ3v) is 4.03. The molecule has 0 aliphatic heterocycles. The molecule has 0 heterocycles. The zero-order valence-electron chi connectivity index (χ0n) is 15.2. The van der Waals surface area contributed by atoms with Crippen LogP contribution in [-0.4, -0.2) is 30.9 Å². The van der Waals surface area contributed by atoms with Crippen LogP contribution in [0.3, 0.4) is 0 Å². The van der Waals surface area contributed by atoms with Crippen LogP contribution in [0, 0.1) is 0 Å². The molecule has 0 saturated carbocycles. The van der Waals surface area contributed by atoms with E-state index in [1.54, 1.807) is 42.5 Å². The van der Waals surface area contributed by atoms with Crippen LogP contribution in [-0.2, 0) is 20.7 Å². The first-order chi connectivity index (χ1) is 12.8. The average molecular weight is 390 g/mol. The molecule has 142 valence electrons. The van der Waals surface area contributed by atoms with E-state index in [1.165, 1.54) is 21.0 Å². The fourth-order valence-electron chi connectivity index (χ4n) is 2.39. The van der Waals surface area contributed by atoms with Gasteiger partial charge in [0.2, 0.25) is 0 Å². The molecule has 0 aliphatic rings. The first-order valence-corrected chi connectivity index (χ1v) is 8.61. The Hall–Kier alpha value is -2.86. The number of nitrogens with one attached hydrogen (secondary N) is 1. The molecule has 2 aromatic carbocycles. The van der Waals surface area contributed by atoms with Crippen molar-refractivity contribution in [1.29, 1.82) is 0 Å². The summed E-state index contributed by atoms with van der Waals surface area (Å²) in [6.07, 6.45) is -1.13. The monoisotopic (exact) mass is 389 g/mol. The molecule has 0 aliphatic carbocycles. The van der Waals surface area contributed by atoms with Crippen molar-refractivity contribution in [2.45, 2.75) is 26.4 Å². The quantitative estimate of drug-likeness (QED) is 0.577. The summed E-state index contributed by atoms with van der Waals surface area (Å²) in [4.78, 5) is 35.9. The van der Waals surface area contributed by atoms with Crippen LogP contribution < -0.4 is 10.1 Å². The Morgan fingerprint density at radius 1 is 1.15 bits per heavy atom. The minimum absolute atomic E-state index is 0.124. The van der Waals surface area contributed by atoms with Gasteiger partial charge in [-0.3, -0.25) is 14.4 Å². The van der Waals surface area contributed by atoms with Crippen molar-refractivity contribution < 1.29 is 23.9 Å². The van der Waals surface area contributed by atoms with Crippen molar-refractivity contribution in [3.05, 3.63) is 58.6 Å². The molecule has 2 rings (SSSR count). The first-order valence-electron chi connectivity index (χ1n) is 8.24. The topological polar surface area (TPSA) is 81.7 Å². The second-order valence-corrected chi connectivity index (χ2v) is 6.33. The van der Waals surface area contributed by atoms with Gasteiger partial charge in [-0.05, 0) is 50.2 Å². The molecule has 0 spiro atoms. The van der Waals surface area contributed by atoms with Gasteiger partial charge < -0.3 is 14.8 Å². The van der Waals surface area contributed by atoms with Crippen LogP contribution in [0.4, 0.5) is 5.69 Å². The Kier molecular flexibility index (Phi) is 6.96. The van der Waals surface area contributed by atoms with E-state index in [4.69, 9.17) is 21.1 Å². The van der Waals surface area contributed by atoms with Crippen LogP contribution in [0.1, 0.15) is 29.8 Å². The number of rotatable bonds is 7. The maximum Gasteiger partial charge on any atom is 0.311 e. The number of halogens is 1. The van der Waals surface area contributed by atoms with E-state index in [0.717, 1.165) is 0 Å². The third kappa shape index (κ3) is 5.82. The first kappa shape index (κ1) is 20.5. The van der Waals surface area contributed by atoms with E-state index in [1.807, 2.05) is 0 Å². The van der Waals surface area contributed by atoms with Crippen molar-refractivity contribution in [2.24, 2.45) is 0 Å².